The summed E-state index contributed by atoms with van der Waals surface area (Å²) in [6.07, 6.45) is 1.54. The Hall–Kier alpha value is -2.42. The summed E-state index contributed by atoms with van der Waals surface area (Å²) in [5.74, 6) is -0.546. The average molecular weight is 479 g/mol. The fraction of sp³-hybridized carbons (Fsp3) is 0.0909. The van der Waals surface area contributed by atoms with Gasteiger partial charge in [0.15, 0.2) is 0 Å². The van der Waals surface area contributed by atoms with E-state index in [0.29, 0.717) is 25.8 Å². The van der Waals surface area contributed by atoms with Gasteiger partial charge in [0.1, 0.15) is 11.6 Å². The van der Waals surface area contributed by atoms with Crippen molar-refractivity contribution in [3.63, 3.8) is 0 Å². The average Bonchev–Trinajstić information content (AvgIpc) is 2.98. The van der Waals surface area contributed by atoms with E-state index in [2.05, 4.69) is 5.32 Å². The topological polar surface area (TPSA) is 57.8 Å². The van der Waals surface area contributed by atoms with Gasteiger partial charge < -0.3 is 9.88 Å². The standard InChI is InChI=1S/C22H15Cl4N3O/c1-12-7-14(13(2)29(12)17-4-6-19(24)21(26)10-17)8-15(11-27)22(30)28-16-3-5-18(23)20(25)9-16/h3-10H,1-2H3,(H,28,30)/b15-8+. The monoisotopic (exact) mass is 477 g/mol. The predicted molar refractivity (Wildman–Crippen MR) is 124 cm³/mol. The van der Waals surface area contributed by atoms with E-state index in [1.807, 2.05) is 36.6 Å². The molecule has 3 rings (SSSR count). The third-order valence-corrected chi connectivity index (χ3v) is 5.95. The maximum atomic E-state index is 12.6. The summed E-state index contributed by atoms with van der Waals surface area (Å²) in [6, 6.07) is 13.9. The molecule has 0 bridgehead atoms. The first kappa shape index (κ1) is 22.3. The summed E-state index contributed by atoms with van der Waals surface area (Å²) in [4.78, 5) is 12.6. The number of halogens is 4. The van der Waals surface area contributed by atoms with Crippen LogP contribution in [0.15, 0.2) is 48.0 Å². The smallest absolute Gasteiger partial charge is 0.266 e. The third-order valence-electron chi connectivity index (χ3n) is 4.47. The SMILES string of the molecule is Cc1cc(/C=C(\C#N)C(=O)Nc2ccc(Cl)c(Cl)c2)c(C)n1-c1ccc(Cl)c(Cl)c1. The van der Waals surface area contributed by atoms with Gasteiger partial charge in [-0.3, -0.25) is 4.79 Å². The lowest BCUT2D eigenvalue weighted by molar-refractivity contribution is -0.112. The Kier molecular flexibility index (Phi) is 6.80. The molecule has 0 radical (unpaired) electrons. The number of anilines is 1. The fourth-order valence-corrected chi connectivity index (χ4v) is 3.62. The molecule has 1 N–H and O–H groups in total. The van der Waals surface area contributed by atoms with Crippen molar-refractivity contribution in [2.45, 2.75) is 13.8 Å². The Morgan fingerprint density at radius 3 is 2.20 bits per heavy atom. The molecule has 0 atom stereocenters. The van der Waals surface area contributed by atoms with E-state index in [1.165, 1.54) is 6.07 Å². The van der Waals surface area contributed by atoms with Crippen molar-refractivity contribution in [2.75, 3.05) is 5.32 Å². The normalized spacial score (nSPS) is 11.3. The Balaban J connectivity index is 1.94. The number of benzene rings is 2. The van der Waals surface area contributed by atoms with Crippen LogP contribution in [-0.2, 0) is 4.79 Å². The molecule has 8 heteroatoms. The molecule has 0 aliphatic rings. The van der Waals surface area contributed by atoms with Crippen LogP contribution in [0, 0.1) is 25.2 Å². The van der Waals surface area contributed by atoms with Crippen LogP contribution in [0.2, 0.25) is 20.1 Å². The number of aryl methyl sites for hydroxylation is 1. The van der Waals surface area contributed by atoms with Gasteiger partial charge in [-0.05, 0) is 68.0 Å². The highest BCUT2D eigenvalue weighted by atomic mass is 35.5. The van der Waals surface area contributed by atoms with Crippen LogP contribution in [0.5, 0.6) is 0 Å². The van der Waals surface area contributed by atoms with Gasteiger partial charge in [0, 0.05) is 22.8 Å². The lowest BCUT2D eigenvalue weighted by atomic mass is 10.1. The first-order chi connectivity index (χ1) is 14.2. The van der Waals surface area contributed by atoms with Crippen LogP contribution < -0.4 is 5.32 Å². The second-order valence-electron chi connectivity index (χ2n) is 6.51. The molecule has 152 valence electrons. The number of nitrogens with one attached hydrogen (secondary N) is 1. The number of amides is 1. The molecule has 0 aliphatic heterocycles. The van der Waals surface area contributed by atoms with Crippen molar-refractivity contribution in [1.29, 1.82) is 5.26 Å². The van der Waals surface area contributed by atoms with Crippen LogP contribution in [0.1, 0.15) is 17.0 Å². The van der Waals surface area contributed by atoms with E-state index in [0.717, 1.165) is 22.6 Å². The molecule has 0 saturated heterocycles. The lowest BCUT2D eigenvalue weighted by Crippen LogP contribution is -2.13. The largest absolute Gasteiger partial charge is 0.321 e. The van der Waals surface area contributed by atoms with Crippen molar-refractivity contribution in [3.8, 4) is 11.8 Å². The van der Waals surface area contributed by atoms with Gasteiger partial charge in [0.25, 0.3) is 5.91 Å². The van der Waals surface area contributed by atoms with Crippen LogP contribution in [0.3, 0.4) is 0 Å². The summed E-state index contributed by atoms with van der Waals surface area (Å²) < 4.78 is 1.97. The molecule has 1 heterocycles. The minimum Gasteiger partial charge on any atom is -0.321 e. The van der Waals surface area contributed by atoms with Crippen molar-refractivity contribution >= 4 is 64.1 Å². The molecular weight excluding hydrogens is 464 g/mol. The predicted octanol–water partition coefficient (Wildman–Crippen LogP) is 7.25. The summed E-state index contributed by atoms with van der Waals surface area (Å²) in [6.45, 7) is 3.82. The Morgan fingerprint density at radius 2 is 1.60 bits per heavy atom. The van der Waals surface area contributed by atoms with Gasteiger partial charge in [-0.25, -0.2) is 0 Å². The van der Waals surface area contributed by atoms with Gasteiger partial charge in [-0.15, -0.1) is 0 Å². The zero-order valence-corrected chi connectivity index (χ0v) is 19.0. The van der Waals surface area contributed by atoms with Gasteiger partial charge in [0.05, 0.1) is 20.1 Å². The molecule has 0 fully saturated rings. The highest BCUT2D eigenvalue weighted by Gasteiger charge is 2.15. The summed E-state index contributed by atoms with van der Waals surface area (Å²) in [5, 5.41) is 13.8. The van der Waals surface area contributed by atoms with Crippen LogP contribution in [-0.4, -0.2) is 10.5 Å². The van der Waals surface area contributed by atoms with E-state index in [9.17, 15) is 10.1 Å². The summed E-state index contributed by atoms with van der Waals surface area (Å²) in [7, 11) is 0. The lowest BCUT2D eigenvalue weighted by Gasteiger charge is -2.10. The molecule has 30 heavy (non-hydrogen) atoms. The Labute approximate surface area is 194 Å². The number of rotatable bonds is 4. The maximum absolute atomic E-state index is 12.6. The molecule has 0 saturated carbocycles. The van der Waals surface area contributed by atoms with Gasteiger partial charge >= 0.3 is 0 Å². The number of carbonyl (C=O) groups excluding carboxylic acids is 1. The number of aromatic nitrogens is 1. The highest BCUT2D eigenvalue weighted by molar-refractivity contribution is 6.42. The minimum atomic E-state index is -0.546. The van der Waals surface area contributed by atoms with Gasteiger partial charge in [0.2, 0.25) is 0 Å². The zero-order chi connectivity index (χ0) is 22.0. The first-order valence-electron chi connectivity index (χ1n) is 8.74. The van der Waals surface area contributed by atoms with E-state index >= 15 is 0 Å². The van der Waals surface area contributed by atoms with Crippen molar-refractivity contribution < 1.29 is 4.79 Å². The first-order valence-corrected chi connectivity index (χ1v) is 10.2. The molecule has 3 aromatic rings. The fourth-order valence-electron chi connectivity index (χ4n) is 3.03. The number of hydrogen-bond acceptors (Lipinski definition) is 2. The zero-order valence-electron chi connectivity index (χ0n) is 15.9. The highest BCUT2D eigenvalue weighted by Crippen LogP contribution is 2.29. The number of hydrogen-bond donors (Lipinski definition) is 1. The molecule has 1 amide bonds. The molecule has 4 nitrogen and oxygen atoms in total. The minimum absolute atomic E-state index is 0.0459. The number of carbonyl (C=O) groups is 1. The van der Waals surface area contributed by atoms with Crippen LogP contribution in [0.25, 0.3) is 11.8 Å². The second-order valence-corrected chi connectivity index (χ2v) is 8.14. The van der Waals surface area contributed by atoms with Crippen LogP contribution in [0.4, 0.5) is 5.69 Å². The third kappa shape index (κ3) is 4.66. The Bertz CT molecular complexity index is 1220. The summed E-state index contributed by atoms with van der Waals surface area (Å²) in [5.41, 5.74) is 3.73. The molecule has 0 unspecified atom stereocenters. The Morgan fingerprint density at radius 1 is 0.967 bits per heavy atom. The summed E-state index contributed by atoms with van der Waals surface area (Å²) >= 11 is 24.0. The maximum Gasteiger partial charge on any atom is 0.266 e. The molecule has 0 aliphatic carbocycles. The second kappa shape index (κ2) is 9.16. The van der Waals surface area contributed by atoms with Crippen molar-refractivity contribution in [1.82, 2.24) is 4.57 Å². The molecular formula is C22H15Cl4N3O. The van der Waals surface area contributed by atoms with E-state index < -0.39 is 5.91 Å². The van der Waals surface area contributed by atoms with E-state index in [1.54, 1.807) is 30.3 Å². The van der Waals surface area contributed by atoms with Gasteiger partial charge in [-0.1, -0.05) is 46.4 Å². The van der Waals surface area contributed by atoms with E-state index in [-0.39, 0.29) is 5.57 Å². The van der Waals surface area contributed by atoms with Crippen LogP contribution >= 0.6 is 46.4 Å². The van der Waals surface area contributed by atoms with Crippen molar-refractivity contribution in [2.24, 2.45) is 0 Å². The molecule has 2 aromatic carbocycles. The number of nitrogens with zero attached hydrogens (tertiary/aromatic N) is 2. The van der Waals surface area contributed by atoms with Gasteiger partial charge in [-0.2, -0.15) is 5.26 Å². The van der Waals surface area contributed by atoms with Crippen molar-refractivity contribution in [3.05, 3.63) is 85.1 Å². The van der Waals surface area contributed by atoms with E-state index in [4.69, 9.17) is 46.4 Å². The molecule has 0 spiro atoms. The molecule has 1 aromatic heterocycles. The number of nitriles is 1. The quantitative estimate of drug-likeness (QED) is 0.317.